The minimum absolute atomic E-state index is 0.0136. The molecule has 0 aliphatic carbocycles. The second kappa shape index (κ2) is 3.73. The van der Waals surface area contributed by atoms with E-state index in [1.165, 1.54) is 18.2 Å². The summed E-state index contributed by atoms with van der Waals surface area (Å²) in [6.45, 7) is 0. The molecule has 0 bridgehead atoms. The molecule has 0 aliphatic heterocycles. The minimum Gasteiger partial charge on any atom is -0.478 e. The average Bonchev–Trinajstić information content (AvgIpc) is 2.26. The zero-order chi connectivity index (χ0) is 12.6. The minimum atomic E-state index is -4.53. The number of carboxylic acid groups (broad SMARTS) is 1. The van der Waals surface area contributed by atoms with Gasteiger partial charge in [-0.25, -0.2) is 9.78 Å². The van der Waals surface area contributed by atoms with Crippen LogP contribution in [0.25, 0.3) is 10.9 Å². The van der Waals surface area contributed by atoms with E-state index in [-0.39, 0.29) is 11.1 Å². The summed E-state index contributed by atoms with van der Waals surface area (Å²) >= 11 is 0. The smallest absolute Gasteiger partial charge is 0.433 e. The number of aromatic carboxylic acids is 1. The summed E-state index contributed by atoms with van der Waals surface area (Å²) in [6, 6.07) is 5.98. The van der Waals surface area contributed by atoms with Gasteiger partial charge in [0, 0.05) is 5.39 Å². The van der Waals surface area contributed by atoms with E-state index in [0.29, 0.717) is 5.39 Å². The fourth-order valence-corrected chi connectivity index (χ4v) is 1.41. The Labute approximate surface area is 93.5 Å². The number of alkyl halides is 3. The zero-order valence-corrected chi connectivity index (χ0v) is 8.32. The number of rotatable bonds is 1. The van der Waals surface area contributed by atoms with Crippen LogP contribution in [0.2, 0.25) is 0 Å². The molecule has 1 aromatic carbocycles. The van der Waals surface area contributed by atoms with Crippen molar-refractivity contribution < 1.29 is 23.1 Å². The Kier molecular flexibility index (Phi) is 2.49. The third-order valence-corrected chi connectivity index (χ3v) is 2.23. The van der Waals surface area contributed by atoms with Crippen LogP contribution < -0.4 is 0 Å². The fraction of sp³-hybridized carbons (Fsp3) is 0.0909. The van der Waals surface area contributed by atoms with Crippen LogP contribution in [0, 0.1) is 0 Å². The normalized spacial score (nSPS) is 11.7. The van der Waals surface area contributed by atoms with Crippen molar-refractivity contribution >= 4 is 16.9 Å². The van der Waals surface area contributed by atoms with Gasteiger partial charge in [0.25, 0.3) is 0 Å². The first-order chi connectivity index (χ1) is 7.88. The molecule has 0 spiro atoms. The van der Waals surface area contributed by atoms with E-state index in [1.807, 2.05) is 0 Å². The molecule has 2 rings (SSSR count). The van der Waals surface area contributed by atoms with Gasteiger partial charge in [0.1, 0.15) is 5.69 Å². The molecule has 0 fully saturated rings. The Morgan fingerprint density at radius 1 is 1.18 bits per heavy atom. The lowest BCUT2D eigenvalue weighted by Gasteiger charge is -2.06. The molecule has 0 saturated carbocycles. The van der Waals surface area contributed by atoms with Crippen molar-refractivity contribution in [2.24, 2.45) is 0 Å². The van der Waals surface area contributed by atoms with Crippen LogP contribution in [0.4, 0.5) is 13.2 Å². The summed E-state index contributed by atoms with van der Waals surface area (Å²) in [7, 11) is 0. The van der Waals surface area contributed by atoms with Gasteiger partial charge in [-0.3, -0.25) is 0 Å². The lowest BCUT2D eigenvalue weighted by Crippen LogP contribution is -2.07. The Bertz CT molecular complexity index is 593. The third kappa shape index (κ3) is 2.20. The van der Waals surface area contributed by atoms with Crippen LogP contribution in [-0.2, 0) is 6.18 Å². The number of nitrogens with zero attached hydrogens (tertiary/aromatic N) is 1. The van der Waals surface area contributed by atoms with Gasteiger partial charge in [-0.1, -0.05) is 12.1 Å². The van der Waals surface area contributed by atoms with Crippen molar-refractivity contribution in [3.05, 3.63) is 41.6 Å². The van der Waals surface area contributed by atoms with E-state index in [0.717, 1.165) is 12.1 Å². The van der Waals surface area contributed by atoms with Gasteiger partial charge in [0.05, 0.1) is 11.1 Å². The third-order valence-electron chi connectivity index (χ3n) is 2.23. The summed E-state index contributed by atoms with van der Waals surface area (Å²) in [6.07, 6.45) is -4.53. The molecular weight excluding hydrogens is 235 g/mol. The monoisotopic (exact) mass is 241 g/mol. The Morgan fingerprint density at radius 2 is 1.82 bits per heavy atom. The van der Waals surface area contributed by atoms with Crippen molar-refractivity contribution in [2.45, 2.75) is 6.18 Å². The lowest BCUT2D eigenvalue weighted by molar-refractivity contribution is -0.140. The lowest BCUT2D eigenvalue weighted by atomic mass is 10.1. The first-order valence-corrected chi connectivity index (χ1v) is 4.59. The number of carbonyl (C=O) groups is 1. The number of fused-ring (bicyclic) bond motifs is 1. The predicted molar refractivity (Wildman–Crippen MR) is 53.7 cm³/mol. The van der Waals surface area contributed by atoms with E-state index in [9.17, 15) is 18.0 Å². The molecule has 1 aromatic heterocycles. The molecule has 0 radical (unpaired) electrons. The van der Waals surface area contributed by atoms with E-state index in [4.69, 9.17) is 5.11 Å². The standard InChI is InChI=1S/C11H6F3NO2/c12-11(13,14)9-4-3-6-1-2-7(10(16)17)5-8(6)15-9/h1-5H,(H,16,17). The molecule has 0 aliphatic rings. The molecule has 0 saturated heterocycles. The zero-order valence-electron chi connectivity index (χ0n) is 8.32. The molecular formula is C11H6F3NO2. The number of halogens is 3. The molecule has 3 nitrogen and oxygen atoms in total. The first-order valence-electron chi connectivity index (χ1n) is 4.59. The Hall–Kier alpha value is -2.11. The summed E-state index contributed by atoms with van der Waals surface area (Å²) < 4.78 is 37.2. The van der Waals surface area contributed by atoms with Gasteiger partial charge < -0.3 is 5.11 Å². The van der Waals surface area contributed by atoms with E-state index in [1.54, 1.807) is 0 Å². The maximum Gasteiger partial charge on any atom is 0.433 e. The van der Waals surface area contributed by atoms with Crippen LogP contribution >= 0.6 is 0 Å². The molecule has 1 N–H and O–H groups in total. The number of aromatic nitrogens is 1. The van der Waals surface area contributed by atoms with Crippen molar-refractivity contribution in [2.75, 3.05) is 0 Å². The molecule has 0 amide bonds. The fourth-order valence-electron chi connectivity index (χ4n) is 1.41. The summed E-state index contributed by atoms with van der Waals surface area (Å²) in [4.78, 5) is 14.1. The largest absolute Gasteiger partial charge is 0.478 e. The second-order valence-electron chi connectivity index (χ2n) is 3.41. The van der Waals surface area contributed by atoms with Crippen molar-refractivity contribution in [3.8, 4) is 0 Å². The molecule has 1 heterocycles. The molecule has 88 valence electrons. The summed E-state index contributed by atoms with van der Waals surface area (Å²) in [5.41, 5.74) is -1.11. The van der Waals surface area contributed by atoms with Crippen molar-refractivity contribution in [3.63, 3.8) is 0 Å². The van der Waals surface area contributed by atoms with Crippen molar-refractivity contribution in [1.29, 1.82) is 0 Å². The Morgan fingerprint density at radius 3 is 2.41 bits per heavy atom. The molecule has 6 heteroatoms. The molecule has 0 atom stereocenters. The van der Waals surface area contributed by atoms with Gasteiger partial charge in [0.15, 0.2) is 0 Å². The highest BCUT2D eigenvalue weighted by molar-refractivity contribution is 5.93. The van der Waals surface area contributed by atoms with Crippen LogP contribution in [-0.4, -0.2) is 16.1 Å². The van der Waals surface area contributed by atoms with Gasteiger partial charge >= 0.3 is 12.1 Å². The predicted octanol–water partition coefficient (Wildman–Crippen LogP) is 2.95. The summed E-state index contributed by atoms with van der Waals surface area (Å²) in [5.74, 6) is -1.20. The van der Waals surface area contributed by atoms with Gasteiger partial charge in [-0.2, -0.15) is 13.2 Å². The maximum atomic E-state index is 12.4. The molecule has 0 unspecified atom stereocenters. The van der Waals surface area contributed by atoms with Crippen LogP contribution in [0.15, 0.2) is 30.3 Å². The second-order valence-corrected chi connectivity index (χ2v) is 3.41. The van der Waals surface area contributed by atoms with Gasteiger partial charge in [0.2, 0.25) is 0 Å². The highest BCUT2D eigenvalue weighted by atomic mass is 19.4. The molecule has 17 heavy (non-hydrogen) atoms. The number of hydrogen-bond donors (Lipinski definition) is 1. The summed E-state index contributed by atoms with van der Waals surface area (Å²) in [5, 5.41) is 9.18. The molecule has 2 aromatic rings. The van der Waals surface area contributed by atoms with E-state index < -0.39 is 17.8 Å². The number of hydrogen-bond acceptors (Lipinski definition) is 2. The topological polar surface area (TPSA) is 50.2 Å². The maximum absolute atomic E-state index is 12.4. The van der Waals surface area contributed by atoms with E-state index in [2.05, 4.69) is 4.98 Å². The highest BCUT2D eigenvalue weighted by Crippen LogP contribution is 2.29. The highest BCUT2D eigenvalue weighted by Gasteiger charge is 2.32. The number of pyridine rings is 1. The average molecular weight is 241 g/mol. The van der Waals surface area contributed by atoms with Crippen LogP contribution in [0.3, 0.4) is 0 Å². The van der Waals surface area contributed by atoms with Crippen LogP contribution in [0.1, 0.15) is 16.1 Å². The van der Waals surface area contributed by atoms with E-state index >= 15 is 0 Å². The van der Waals surface area contributed by atoms with Gasteiger partial charge in [-0.05, 0) is 18.2 Å². The van der Waals surface area contributed by atoms with Crippen LogP contribution in [0.5, 0.6) is 0 Å². The Balaban J connectivity index is 2.62. The number of benzene rings is 1. The SMILES string of the molecule is O=C(O)c1ccc2ccc(C(F)(F)F)nc2c1. The quantitative estimate of drug-likeness (QED) is 0.835. The van der Waals surface area contributed by atoms with Crippen molar-refractivity contribution in [1.82, 2.24) is 4.98 Å². The van der Waals surface area contributed by atoms with Gasteiger partial charge in [-0.15, -0.1) is 0 Å². The number of carboxylic acids is 1. The first kappa shape index (κ1) is 11.4.